The van der Waals surface area contributed by atoms with E-state index in [1.807, 2.05) is 52.7 Å². The van der Waals surface area contributed by atoms with E-state index in [0.29, 0.717) is 5.69 Å². The molecule has 0 aliphatic carbocycles. The van der Waals surface area contributed by atoms with E-state index in [0.717, 1.165) is 22.1 Å². The molecule has 0 aliphatic rings. The maximum absolute atomic E-state index is 9.21. The van der Waals surface area contributed by atoms with Crippen LogP contribution in [0.25, 0.3) is 0 Å². The number of hydrogen-bond donors (Lipinski definition) is 2. The van der Waals surface area contributed by atoms with Crippen LogP contribution in [0, 0.1) is 0 Å². The van der Waals surface area contributed by atoms with Gasteiger partial charge in [-0.3, -0.25) is 4.90 Å². The van der Waals surface area contributed by atoms with Crippen LogP contribution in [0.15, 0.2) is 60.1 Å². The van der Waals surface area contributed by atoms with Gasteiger partial charge in [-0.15, -0.1) is 11.3 Å². The molecule has 1 aromatic heterocycles. The minimum absolute atomic E-state index is 0.0208. The van der Waals surface area contributed by atoms with E-state index in [9.17, 15) is 5.11 Å². The van der Waals surface area contributed by atoms with Gasteiger partial charge in [0.15, 0.2) is 5.13 Å². The van der Waals surface area contributed by atoms with Gasteiger partial charge in [-0.25, -0.2) is 4.98 Å². The van der Waals surface area contributed by atoms with E-state index in [1.54, 1.807) is 23.6 Å². The smallest absolute Gasteiger partial charge is 0.194 e. The van der Waals surface area contributed by atoms with Gasteiger partial charge in [-0.1, -0.05) is 24.3 Å². The number of hydrogen-bond acceptors (Lipinski definition) is 5. The molecule has 1 heterocycles. The molecule has 4 nitrogen and oxygen atoms in total. The number of nitrogen functional groups attached to an aromatic ring is 1. The lowest BCUT2D eigenvalue weighted by molar-refractivity contribution is 0.282. The van der Waals surface area contributed by atoms with Crippen LogP contribution in [0.4, 0.5) is 22.2 Å². The van der Waals surface area contributed by atoms with Gasteiger partial charge in [0.05, 0.1) is 18.0 Å². The second-order valence-corrected chi connectivity index (χ2v) is 5.41. The Balaban J connectivity index is 2.12. The minimum atomic E-state index is -0.0208. The quantitative estimate of drug-likeness (QED) is 0.721. The highest BCUT2D eigenvalue weighted by molar-refractivity contribution is 7.13. The van der Waals surface area contributed by atoms with Crippen molar-refractivity contribution in [2.75, 3.05) is 10.6 Å². The molecule has 5 heteroatoms. The summed E-state index contributed by atoms with van der Waals surface area (Å²) >= 11 is 1.55. The topological polar surface area (TPSA) is 62.4 Å². The molecule has 3 rings (SSSR count). The molecule has 0 amide bonds. The average Bonchev–Trinajstić information content (AvgIpc) is 3.04. The number of anilines is 4. The Bertz CT molecular complexity index is 714. The van der Waals surface area contributed by atoms with Crippen LogP contribution in [0.3, 0.4) is 0 Å². The van der Waals surface area contributed by atoms with Crippen molar-refractivity contribution in [2.45, 2.75) is 6.61 Å². The molecule has 3 N–H and O–H groups in total. The maximum atomic E-state index is 9.21. The van der Waals surface area contributed by atoms with Gasteiger partial charge in [-0.2, -0.15) is 0 Å². The fraction of sp³-hybridized carbons (Fsp3) is 0.0625. The summed E-state index contributed by atoms with van der Waals surface area (Å²) in [7, 11) is 0. The van der Waals surface area contributed by atoms with Crippen molar-refractivity contribution in [1.29, 1.82) is 0 Å². The molecule has 0 saturated heterocycles. The third-order valence-corrected chi connectivity index (χ3v) is 3.90. The van der Waals surface area contributed by atoms with Gasteiger partial charge >= 0.3 is 0 Å². The number of aromatic nitrogens is 1. The second kappa shape index (κ2) is 5.95. The maximum Gasteiger partial charge on any atom is 0.194 e. The van der Waals surface area contributed by atoms with Crippen LogP contribution < -0.4 is 10.6 Å². The summed E-state index contributed by atoms with van der Waals surface area (Å²) in [6.07, 6.45) is 1.77. The molecule has 0 bridgehead atoms. The molecule has 106 valence electrons. The van der Waals surface area contributed by atoms with Crippen molar-refractivity contribution >= 4 is 33.5 Å². The summed E-state index contributed by atoms with van der Waals surface area (Å²) in [6.45, 7) is -0.0208. The predicted octanol–water partition coefficient (Wildman–Crippen LogP) is 3.69. The Morgan fingerprint density at radius 1 is 1.14 bits per heavy atom. The standard InChI is InChI=1S/C16H15N3OS/c17-14-10-12(11-20)6-7-15(14)19(16-18-8-9-21-16)13-4-2-1-3-5-13/h1-10,20H,11,17H2. The van der Waals surface area contributed by atoms with E-state index in [2.05, 4.69) is 4.98 Å². The van der Waals surface area contributed by atoms with E-state index in [-0.39, 0.29) is 6.61 Å². The second-order valence-electron chi connectivity index (χ2n) is 4.54. The fourth-order valence-corrected chi connectivity index (χ4v) is 2.84. The van der Waals surface area contributed by atoms with E-state index in [4.69, 9.17) is 5.73 Å². The van der Waals surface area contributed by atoms with E-state index >= 15 is 0 Å². The number of para-hydroxylation sites is 1. The molecule has 0 unspecified atom stereocenters. The van der Waals surface area contributed by atoms with Crippen molar-refractivity contribution in [1.82, 2.24) is 4.98 Å². The summed E-state index contributed by atoms with van der Waals surface area (Å²) in [5.74, 6) is 0. The molecular formula is C16H15N3OS. The van der Waals surface area contributed by atoms with Crippen LogP contribution in [-0.4, -0.2) is 10.1 Å². The Kier molecular flexibility index (Phi) is 3.85. The van der Waals surface area contributed by atoms with Crippen molar-refractivity contribution in [2.24, 2.45) is 0 Å². The van der Waals surface area contributed by atoms with Crippen LogP contribution in [0.1, 0.15) is 5.56 Å². The fourth-order valence-electron chi connectivity index (χ4n) is 2.16. The number of nitrogens with two attached hydrogens (primary N) is 1. The molecular weight excluding hydrogens is 282 g/mol. The van der Waals surface area contributed by atoms with Crippen molar-refractivity contribution in [3.63, 3.8) is 0 Å². The van der Waals surface area contributed by atoms with Gasteiger partial charge in [0.1, 0.15) is 0 Å². The monoisotopic (exact) mass is 297 g/mol. The minimum Gasteiger partial charge on any atom is -0.397 e. The van der Waals surface area contributed by atoms with Crippen LogP contribution >= 0.6 is 11.3 Å². The first-order valence-electron chi connectivity index (χ1n) is 6.53. The first-order valence-corrected chi connectivity index (χ1v) is 7.41. The third-order valence-electron chi connectivity index (χ3n) is 3.14. The lowest BCUT2D eigenvalue weighted by atomic mass is 10.1. The first kappa shape index (κ1) is 13.6. The van der Waals surface area contributed by atoms with Crippen LogP contribution in [0.2, 0.25) is 0 Å². The highest BCUT2D eigenvalue weighted by Crippen LogP contribution is 2.38. The zero-order valence-corrected chi connectivity index (χ0v) is 12.1. The average molecular weight is 297 g/mol. The Hall–Kier alpha value is -2.37. The van der Waals surface area contributed by atoms with Crippen molar-refractivity contribution < 1.29 is 5.11 Å². The molecule has 0 radical (unpaired) electrons. The summed E-state index contributed by atoms with van der Waals surface area (Å²) < 4.78 is 0. The van der Waals surface area contributed by atoms with E-state index < -0.39 is 0 Å². The summed E-state index contributed by atoms with van der Waals surface area (Å²) in [6, 6.07) is 15.5. The Labute approximate surface area is 127 Å². The molecule has 0 fully saturated rings. The number of rotatable bonds is 4. The normalized spacial score (nSPS) is 10.5. The van der Waals surface area contributed by atoms with Crippen molar-refractivity contribution in [3.05, 3.63) is 65.7 Å². The number of thiazole rings is 1. The predicted molar refractivity (Wildman–Crippen MR) is 87.1 cm³/mol. The molecule has 2 aromatic carbocycles. The summed E-state index contributed by atoms with van der Waals surface area (Å²) in [4.78, 5) is 6.41. The zero-order chi connectivity index (χ0) is 14.7. The van der Waals surface area contributed by atoms with Crippen LogP contribution in [0.5, 0.6) is 0 Å². The summed E-state index contributed by atoms with van der Waals surface area (Å²) in [5, 5.41) is 12.0. The number of benzene rings is 2. The van der Waals surface area contributed by atoms with Crippen LogP contribution in [-0.2, 0) is 6.61 Å². The number of aliphatic hydroxyl groups is 1. The van der Waals surface area contributed by atoms with Gasteiger partial charge in [0, 0.05) is 17.3 Å². The third kappa shape index (κ3) is 2.74. The number of aliphatic hydroxyl groups excluding tert-OH is 1. The van der Waals surface area contributed by atoms with Gasteiger partial charge in [0.2, 0.25) is 0 Å². The highest BCUT2D eigenvalue weighted by atomic mass is 32.1. The molecule has 0 saturated carbocycles. The van der Waals surface area contributed by atoms with E-state index in [1.165, 1.54) is 0 Å². The molecule has 0 spiro atoms. The summed E-state index contributed by atoms with van der Waals surface area (Å²) in [5.41, 5.74) is 9.42. The Morgan fingerprint density at radius 2 is 1.95 bits per heavy atom. The first-order chi connectivity index (χ1) is 10.3. The molecule has 21 heavy (non-hydrogen) atoms. The van der Waals surface area contributed by atoms with Gasteiger partial charge in [-0.05, 0) is 29.8 Å². The van der Waals surface area contributed by atoms with Gasteiger partial charge < -0.3 is 10.8 Å². The highest BCUT2D eigenvalue weighted by Gasteiger charge is 2.16. The lowest BCUT2D eigenvalue weighted by Crippen LogP contribution is -2.11. The largest absolute Gasteiger partial charge is 0.397 e. The number of nitrogens with zero attached hydrogens (tertiary/aromatic N) is 2. The molecule has 0 atom stereocenters. The lowest BCUT2D eigenvalue weighted by Gasteiger charge is -2.24. The molecule has 0 aliphatic heterocycles. The van der Waals surface area contributed by atoms with Crippen molar-refractivity contribution in [3.8, 4) is 0 Å². The van der Waals surface area contributed by atoms with Gasteiger partial charge in [0.25, 0.3) is 0 Å². The zero-order valence-electron chi connectivity index (χ0n) is 11.3. The Morgan fingerprint density at radius 3 is 2.57 bits per heavy atom. The molecule has 3 aromatic rings. The SMILES string of the molecule is Nc1cc(CO)ccc1N(c1ccccc1)c1nccs1.